The predicted molar refractivity (Wildman–Crippen MR) is 66.9 cm³/mol. The van der Waals surface area contributed by atoms with E-state index in [1.54, 1.807) is 20.0 Å². The van der Waals surface area contributed by atoms with Crippen molar-refractivity contribution in [2.24, 2.45) is 0 Å². The molecule has 0 aliphatic heterocycles. The molecule has 8 heteroatoms. The standard InChI is InChI=1S/C11H13N5O3/c1-7-5-9(16(17)18)11(13-6-7)12-4-3-10-14-8(2)19-15-10/h5-6H,3-4H2,1-2H3,(H,12,13). The smallest absolute Gasteiger partial charge is 0.311 e. The average Bonchev–Trinajstić information content (AvgIpc) is 2.77. The molecular formula is C11H13N5O3. The van der Waals surface area contributed by atoms with Crippen LogP contribution in [-0.4, -0.2) is 26.6 Å². The Balaban J connectivity index is 2.01. The lowest BCUT2D eigenvalue weighted by atomic mass is 10.3. The second-order valence-electron chi connectivity index (χ2n) is 4.04. The van der Waals surface area contributed by atoms with Crippen molar-refractivity contribution < 1.29 is 9.45 Å². The molecule has 0 saturated carbocycles. The first-order valence-electron chi connectivity index (χ1n) is 5.70. The number of nitro groups is 1. The highest BCUT2D eigenvalue weighted by molar-refractivity contribution is 5.56. The van der Waals surface area contributed by atoms with Crippen molar-refractivity contribution in [1.29, 1.82) is 0 Å². The molecule has 1 N–H and O–H groups in total. The van der Waals surface area contributed by atoms with Crippen LogP contribution in [0.3, 0.4) is 0 Å². The van der Waals surface area contributed by atoms with Crippen molar-refractivity contribution in [3.8, 4) is 0 Å². The molecule has 2 heterocycles. The summed E-state index contributed by atoms with van der Waals surface area (Å²) in [6.07, 6.45) is 2.08. The molecule has 19 heavy (non-hydrogen) atoms. The molecule has 0 aromatic carbocycles. The van der Waals surface area contributed by atoms with E-state index in [-0.39, 0.29) is 11.5 Å². The van der Waals surface area contributed by atoms with Gasteiger partial charge in [-0.05, 0) is 12.5 Å². The minimum Gasteiger partial charge on any atom is -0.364 e. The van der Waals surface area contributed by atoms with Crippen molar-refractivity contribution in [3.63, 3.8) is 0 Å². The Morgan fingerprint density at radius 1 is 1.47 bits per heavy atom. The van der Waals surface area contributed by atoms with E-state index in [1.807, 2.05) is 0 Å². The van der Waals surface area contributed by atoms with Crippen LogP contribution in [0, 0.1) is 24.0 Å². The Labute approximate surface area is 109 Å². The second kappa shape index (κ2) is 5.42. The zero-order chi connectivity index (χ0) is 13.8. The van der Waals surface area contributed by atoms with Gasteiger partial charge in [-0.3, -0.25) is 10.1 Å². The Kier molecular flexibility index (Phi) is 3.69. The zero-order valence-corrected chi connectivity index (χ0v) is 10.6. The average molecular weight is 263 g/mol. The number of pyridine rings is 1. The maximum Gasteiger partial charge on any atom is 0.311 e. The Morgan fingerprint density at radius 2 is 2.26 bits per heavy atom. The molecule has 2 rings (SSSR count). The van der Waals surface area contributed by atoms with Crippen molar-refractivity contribution in [3.05, 3.63) is 39.7 Å². The molecule has 0 aliphatic carbocycles. The maximum atomic E-state index is 10.9. The van der Waals surface area contributed by atoms with Gasteiger partial charge in [0.2, 0.25) is 11.7 Å². The molecule has 0 amide bonds. The highest BCUT2D eigenvalue weighted by Gasteiger charge is 2.15. The molecule has 0 aliphatic rings. The Bertz CT molecular complexity index is 596. The van der Waals surface area contributed by atoms with E-state index < -0.39 is 4.92 Å². The van der Waals surface area contributed by atoms with E-state index >= 15 is 0 Å². The van der Waals surface area contributed by atoms with E-state index in [1.165, 1.54) is 6.07 Å². The summed E-state index contributed by atoms with van der Waals surface area (Å²) in [4.78, 5) is 18.5. The highest BCUT2D eigenvalue weighted by atomic mass is 16.6. The molecular weight excluding hydrogens is 250 g/mol. The molecule has 0 saturated heterocycles. The minimum absolute atomic E-state index is 0.0377. The lowest BCUT2D eigenvalue weighted by molar-refractivity contribution is -0.384. The summed E-state index contributed by atoms with van der Waals surface area (Å²) in [7, 11) is 0. The molecule has 0 unspecified atom stereocenters. The number of hydrogen-bond acceptors (Lipinski definition) is 7. The van der Waals surface area contributed by atoms with Gasteiger partial charge in [0.1, 0.15) is 0 Å². The SMILES string of the molecule is Cc1cnc(NCCc2noc(C)n2)c([N+](=O)[O-])c1. The van der Waals surface area contributed by atoms with Gasteiger partial charge in [-0.1, -0.05) is 5.16 Å². The van der Waals surface area contributed by atoms with Crippen LogP contribution in [0.4, 0.5) is 11.5 Å². The van der Waals surface area contributed by atoms with Gasteiger partial charge in [0.05, 0.1) is 4.92 Å². The molecule has 0 fully saturated rings. The van der Waals surface area contributed by atoms with Crippen LogP contribution in [0.1, 0.15) is 17.3 Å². The summed E-state index contributed by atoms with van der Waals surface area (Å²) in [6.45, 7) is 3.90. The molecule has 100 valence electrons. The quantitative estimate of drug-likeness (QED) is 0.645. The predicted octanol–water partition coefficient (Wildman–Crippen LogP) is 1.64. The highest BCUT2D eigenvalue weighted by Crippen LogP contribution is 2.22. The van der Waals surface area contributed by atoms with Gasteiger partial charge in [-0.2, -0.15) is 4.98 Å². The molecule has 0 atom stereocenters. The molecule has 2 aromatic heterocycles. The van der Waals surface area contributed by atoms with Crippen molar-refractivity contribution in [2.75, 3.05) is 11.9 Å². The Hall–Kier alpha value is -2.51. The van der Waals surface area contributed by atoms with E-state index in [0.717, 1.165) is 5.56 Å². The number of nitrogens with zero attached hydrogens (tertiary/aromatic N) is 4. The summed E-state index contributed by atoms with van der Waals surface area (Å²) in [5, 5.41) is 17.5. The minimum atomic E-state index is -0.458. The van der Waals surface area contributed by atoms with Gasteiger partial charge in [0.15, 0.2) is 5.82 Å². The fourth-order valence-electron chi connectivity index (χ4n) is 1.56. The van der Waals surface area contributed by atoms with Gasteiger partial charge >= 0.3 is 5.69 Å². The van der Waals surface area contributed by atoms with Crippen LogP contribution in [0.15, 0.2) is 16.8 Å². The lowest BCUT2D eigenvalue weighted by Gasteiger charge is -2.05. The molecule has 0 spiro atoms. The van der Waals surface area contributed by atoms with E-state index in [4.69, 9.17) is 4.52 Å². The molecule has 0 bridgehead atoms. The lowest BCUT2D eigenvalue weighted by Crippen LogP contribution is -2.09. The fraction of sp³-hybridized carbons (Fsp3) is 0.364. The van der Waals surface area contributed by atoms with Crippen molar-refractivity contribution >= 4 is 11.5 Å². The Morgan fingerprint density at radius 3 is 2.89 bits per heavy atom. The molecule has 2 aromatic rings. The van der Waals surface area contributed by atoms with Gasteiger partial charge in [-0.15, -0.1) is 0 Å². The first-order valence-corrected chi connectivity index (χ1v) is 5.70. The van der Waals surface area contributed by atoms with Crippen LogP contribution in [0.2, 0.25) is 0 Å². The third-order valence-electron chi connectivity index (χ3n) is 2.41. The maximum absolute atomic E-state index is 10.9. The van der Waals surface area contributed by atoms with Crippen LogP contribution in [0.5, 0.6) is 0 Å². The number of aromatic nitrogens is 3. The monoisotopic (exact) mass is 263 g/mol. The second-order valence-corrected chi connectivity index (χ2v) is 4.04. The van der Waals surface area contributed by atoms with Crippen molar-refractivity contribution in [1.82, 2.24) is 15.1 Å². The normalized spacial score (nSPS) is 10.4. The summed E-state index contributed by atoms with van der Waals surface area (Å²) < 4.78 is 4.83. The number of aryl methyl sites for hydroxylation is 2. The largest absolute Gasteiger partial charge is 0.364 e. The number of nitrogens with one attached hydrogen (secondary N) is 1. The van der Waals surface area contributed by atoms with Crippen LogP contribution < -0.4 is 5.32 Å². The summed E-state index contributed by atoms with van der Waals surface area (Å²) in [5.74, 6) is 1.30. The van der Waals surface area contributed by atoms with Gasteiger partial charge in [0.25, 0.3) is 0 Å². The topological polar surface area (TPSA) is 107 Å². The van der Waals surface area contributed by atoms with E-state index in [2.05, 4.69) is 20.4 Å². The number of hydrogen-bond donors (Lipinski definition) is 1. The first-order chi connectivity index (χ1) is 9.06. The van der Waals surface area contributed by atoms with Crippen LogP contribution in [-0.2, 0) is 6.42 Å². The molecule has 8 nitrogen and oxygen atoms in total. The zero-order valence-electron chi connectivity index (χ0n) is 10.6. The summed E-state index contributed by atoms with van der Waals surface area (Å²) in [5.41, 5.74) is 0.704. The fourth-order valence-corrected chi connectivity index (χ4v) is 1.56. The van der Waals surface area contributed by atoms with Crippen LogP contribution in [0.25, 0.3) is 0 Å². The van der Waals surface area contributed by atoms with E-state index in [0.29, 0.717) is 24.7 Å². The molecule has 0 radical (unpaired) electrons. The van der Waals surface area contributed by atoms with E-state index in [9.17, 15) is 10.1 Å². The summed E-state index contributed by atoms with van der Waals surface area (Å²) >= 11 is 0. The van der Waals surface area contributed by atoms with Gasteiger partial charge in [-0.25, -0.2) is 4.98 Å². The number of anilines is 1. The van der Waals surface area contributed by atoms with Gasteiger partial charge < -0.3 is 9.84 Å². The third-order valence-corrected chi connectivity index (χ3v) is 2.41. The van der Waals surface area contributed by atoms with Crippen molar-refractivity contribution in [2.45, 2.75) is 20.3 Å². The third kappa shape index (κ3) is 3.24. The first kappa shape index (κ1) is 12.9. The van der Waals surface area contributed by atoms with Crippen LogP contribution >= 0.6 is 0 Å². The van der Waals surface area contributed by atoms with Gasteiger partial charge in [0, 0.05) is 32.2 Å². The summed E-state index contributed by atoms with van der Waals surface area (Å²) in [6, 6.07) is 1.48. The number of rotatable bonds is 5.